The van der Waals surface area contributed by atoms with Crippen molar-refractivity contribution in [3.8, 4) is 0 Å². The van der Waals surface area contributed by atoms with Crippen molar-refractivity contribution in [3.63, 3.8) is 0 Å². The number of hydrogen-bond donors (Lipinski definition) is 0. The first-order chi connectivity index (χ1) is 12.3. The van der Waals surface area contributed by atoms with Gasteiger partial charge in [-0.3, -0.25) is 0 Å². The summed E-state index contributed by atoms with van der Waals surface area (Å²) in [6, 6.07) is 8.73. The van der Waals surface area contributed by atoms with Crippen LogP contribution in [-0.2, 0) is 14.3 Å². The number of benzene rings is 1. The van der Waals surface area contributed by atoms with Crippen molar-refractivity contribution < 1.29 is 12.8 Å². The van der Waals surface area contributed by atoms with Gasteiger partial charge in [-0.1, -0.05) is 58.9 Å². The fourth-order valence-corrected chi connectivity index (χ4v) is 6.16. The lowest BCUT2D eigenvalue weighted by molar-refractivity contribution is 0.0798. The molecule has 0 unspecified atom stereocenters. The minimum atomic E-state index is -3.33. The maximum Gasteiger partial charge on any atom is 0.192 e. The minimum Gasteiger partial charge on any atom is -0.413 e. The highest BCUT2D eigenvalue weighted by Gasteiger charge is 2.42. The first-order valence-corrected chi connectivity index (χ1v) is 14.4. The van der Waals surface area contributed by atoms with Gasteiger partial charge in [0, 0.05) is 0 Å². The molecule has 3 nitrogen and oxygen atoms in total. The molecule has 0 aliphatic rings. The van der Waals surface area contributed by atoms with E-state index in [-0.39, 0.29) is 28.7 Å². The van der Waals surface area contributed by atoms with E-state index in [2.05, 4.69) is 47.4 Å². The number of sulfone groups is 1. The summed E-state index contributed by atoms with van der Waals surface area (Å²) in [5.41, 5.74) is 0. The number of hydrogen-bond acceptors (Lipinski definition) is 3. The number of allylic oxidation sites excluding steroid dienone is 1. The Hall–Kier alpha value is -0.913. The van der Waals surface area contributed by atoms with Crippen molar-refractivity contribution in [1.82, 2.24) is 0 Å². The molecular formula is C22H38O3SSi. The summed E-state index contributed by atoms with van der Waals surface area (Å²) in [5, 5.41) is 0.0848. The molecule has 0 aliphatic carbocycles. The third-order valence-electron chi connectivity index (χ3n) is 5.77. The van der Waals surface area contributed by atoms with Crippen LogP contribution >= 0.6 is 0 Å². The van der Waals surface area contributed by atoms with Crippen molar-refractivity contribution in [2.45, 2.75) is 76.6 Å². The average molecular weight is 411 g/mol. The molecule has 0 radical (unpaired) electrons. The topological polar surface area (TPSA) is 43.4 Å². The van der Waals surface area contributed by atoms with Crippen LogP contribution in [0.15, 0.2) is 47.9 Å². The van der Waals surface area contributed by atoms with E-state index in [9.17, 15) is 8.42 Å². The Labute approximate surface area is 168 Å². The Morgan fingerprint density at radius 3 is 2.15 bits per heavy atom. The molecule has 3 atom stereocenters. The Morgan fingerprint density at radius 2 is 1.67 bits per heavy atom. The summed E-state index contributed by atoms with van der Waals surface area (Å²) >= 11 is 0. The molecule has 0 amide bonds. The minimum absolute atomic E-state index is 0.0793. The van der Waals surface area contributed by atoms with Gasteiger partial charge in [0.15, 0.2) is 18.2 Å². The molecule has 0 saturated carbocycles. The van der Waals surface area contributed by atoms with Gasteiger partial charge in [0.25, 0.3) is 0 Å². The van der Waals surface area contributed by atoms with E-state index in [1.165, 1.54) is 0 Å². The van der Waals surface area contributed by atoms with Crippen LogP contribution in [0, 0.1) is 11.8 Å². The summed E-state index contributed by atoms with van der Waals surface area (Å²) in [5.74, 6) is 0.302. The van der Waals surface area contributed by atoms with Gasteiger partial charge >= 0.3 is 0 Å². The summed E-state index contributed by atoms with van der Waals surface area (Å²) in [4.78, 5) is 0.390. The van der Waals surface area contributed by atoms with Crippen LogP contribution in [0.2, 0.25) is 18.1 Å². The summed E-state index contributed by atoms with van der Waals surface area (Å²) in [6.45, 7) is 19.1. The lowest BCUT2D eigenvalue weighted by Crippen LogP contribution is -2.48. The number of rotatable bonds is 10. The van der Waals surface area contributed by atoms with Crippen LogP contribution in [0.5, 0.6) is 0 Å². The van der Waals surface area contributed by atoms with Crippen molar-refractivity contribution in [3.05, 3.63) is 43.0 Å². The van der Waals surface area contributed by atoms with E-state index in [4.69, 9.17) is 4.43 Å². The van der Waals surface area contributed by atoms with E-state index in [0.717, 1.165) is 12.8 Å². The third kappa shape index (κ3) is 6.88. The Balaban J connectivity index is 3.08. The van der Waals surface area contributed by atoms with Crippen LogP contribution < -0.4 is 0 Å². The standard InChI is InChI=1S/C22H38O3SSi/c1-9-10-14-18(2)21(25-27(7,8)22(4,5)6)19(3)17-26(23,24)20-15-12-11-13-16-20/h9,11-13,15-16,18-19,21H,1,10,14,17H2,2-8H3/t18-,19+,21+/m1/s1. The highest BCUT2D eigenvalue weighted by atomic mass is 32.2. The zero-order valence-corrected chi connectivity index (χ0v) is 20.0. The molecule has 0 spiro atoms. The molecule has 0 aromatic heterocycles. The molecule has 0 saturated heterocycles. The highest BCUT2D eigenvalue weighted by Crippen LogP contribution is 2.40. The van der Waals surface area contributed by atoms with E-state index < -0.39 is 18.2 Å². The SMILES string of the molecule is C=CCC[C@@H](C)[C@H](O[Si](C)(C)C(C)(C)C)[C@@H](C)CS(=O)(=O)c1ccccc1. The van der Waals surface area contributed by atoms with Crippen molar-refractivity contribution in [1.29, 1.82) is 0 Å². The zero-order chi connectivity index (χ0) is 20.9. The summed E-state index contributed by atoms with van der Waals surface area (Å²) in [7, 11) is -5.34. The lowest BCUT2D eigenvalue weighted by Gasteiger charge is -2.43. The van der Waals surface area contributed by atoms with Crippen LogP contribution in [0.25, 0.3) is 0 Å². The molecule has 0 heterocycles. The van der Waals surface area contributed by atoms with Gasteiger partial charge in [-0.25, -0.2) is 8.42 Å². The maximum atomic E-state index is 12.9. The van der Waals surface area contributed by atoms with Gasteiger partial charge in [-0.05, 0) is 54.9 Å². The zero-order valence-electron chi connectivity index (χ0n) is 18.2. The second-order valence-corrected chi connectivity index (χ2v) is 16.0. The second kappa shape index (κ2) is 9.53. The molecule has 0 aliphatic heterocycles. The molecule has 0 N–H and O–H groups in total. The Bertz CT molecular complexity index is 690. The average Bonchev–Trinajstić information content (AvgIpc) is 2.57. The van der Waals surface area contributed by atoms with Crippen LogP contribution in [0.3, 0.4) is 0 Å². The summed E-state index contributed by atoms with van der Waals surface area (Å²) < 4.78 is 32.5. The lowest BCUT2D eigenvalue weighted by atomic mass is 9.91. The van der Waals surface area contributed by atoms with E-state index in [1.54, 1.807) is 24.3 Å². The van der Waals surface area contributed by atoms with E-state index in [1.807, 2.05) is 19.1 Å². The Kier molecular flexibility index (Phi) is 8.51. The molecule has 27 heavy (non-hydrogen) atoms. The Morgan fingerprint density at radius 1 is 1.11 bits per heavy atom. The predicted molar refractivity (Wildman–Crippen MR) is 118 cm³/mol. The van der Waals surface area contributed by atoms with E-state index >= 15 is 0 Å². The molecule has 0 bridgehead atoms. The quantitative estimate of drug-likeness (QED) is 0.346. The molecule has 5 heteroatoms. The summed E-state index contributed by atoms with van der Waals surface area (Å²) in [6.07, 6.45) is 3.71. The van der Waals surface area contributed by atoms with Gasteiger partial charge in [0.1, 0.15) is 0 Å². The van der Waals surface area contributed by atoms with Crippen molar-refractivity contribution in [2.75, 3.05) is 5.75 Å². The van der Waals surface area contributed by atoms with Gasteiger partial charge < -0.3 is 4.43 Å². The third-order valence-corrected chi connectivity index (χ3v) is 12.2. The largest absolute Gasteiger partial charge is 0.413 e. The molecule has 1 rings (SSSR count). The monoisotopic (exact) mass is 410 g/mol. The molecule has 1 aromatic rings. The van der Waals surface area contributed by atoms with Gasteiger partial charge in [-0.15, -0.1) is 6.58 Å². The smallest absolute Gasteiger partial charge is 0.192 e. The molecule has 154 valence electrons. The fraction of sp³-hybridized carbons (Fsp3) is 0.636. The fourth-order valence-electron chi connectivity index (χ4n) is 3.02. The predicted octanol–water partition coefficient (Wildman–Crippen LogP) is 6.09. The van der Waals surface area contributed by atoms with Crippen LogP contribution in [0.1, 0.15) is 47.5 Å². The normalized spacial score (nSPS) is 16.6. The van der Waals surface area contributed by atoms with Crippen molar-refractivity contribution >= 4 is 18.2 Å². The molecule has 1 aromatic carbocycles. The van der Waals surface area contributed by atoms with Gasteiger partial charge in [0.2, 0.25) is 0 Å². The molecule has 0 fully saturated rings. The first kappa shape index (κ1) is 24.1. The van der Waals surface area contributed by atoms with E-state index in [0.29, 0.717) is 4.90 Å². The second-order valence-electron chi connectivity index (χ2n) is 9.26. The van der Waals surface area contributed by atoms with Crippen LogP contribution in [-0.4, -0.2) is 28.6 Å². The first-order valence-electron chi connectivity index (χ1n) is 9.88. The maximum absolute atomic E-state index is 12.9. The highest BCUT2D eigenvalue weighted by molar-refractivity contribution is 7.91. The van der Waals surface area contributed by atoms with Gasteiger partial charge in [-0.2, -0.15) is 0 Å². The molecular weight excluding hydrogens is 372 g/mol. The van der Waals surface area contributed by atoms with Gasteiger partial charge in [0.05, 0.1) is 16.8 Å². The van der Waals surface area contributed by atoms with Crippen LogP contribution in [0.4, 0.5) is 0 Å². The van der Waals surface area contributed by atoms with Crippen molar-refractivity contribution in [2.24, 2.45) is 11.8 Å².